The van der Waals surface area contributed by atoms with Gasteiger partial charge in [0, 0.05) is 6.07 Å². The first kappa shape index (κ1) is 17.2. The van der Waals surface area contributed by atoms with E-state index in [0.29, 0.717) is 17.8 Å². The van der Waals surface area contributed by atoms with Gasteiger partial charge in [-0.3, -0.25) is 14.9 Å². The van der Waals surface area contributed by atoms with Gasteiger partial charge < -0.3 is 9.16 Å². The lowest BCUT2D eigenvalue weighted by Gasteiger charge is -2.36. The average Bonchev–Trinajstić information content (AvgIpc) is 2.36. The predicted molar refractivity (Wildman–Crippen MR) is 82.9 cm³/mol. The van der Waals surface area contributed by atoms with Crippen LogP contribution in [0.25, 0.3) is 0 Å². The lowest BCUT2D eigenvalue weighted by atomic mass is 10.2. The van der Waals surface area contributed by atoms with E-state index >= 15 is 0 Å². The third-order valence-corrected chi connectivity index (χ3v) is 8.15. The Morgan fingerprint density at radius 2 is 1.81 bits per heavy atom. The molecule has 1 rings (SSSR count). The lowest BCUT2D eigenvalue weighted by molar-refractivity contribution is -0.385. The first-order valence-corrected chi connectivity index (χ1v) is 9.45. The SMILES string of the molecule is COc1cc(C=O)c([N+](=O)[O-])cc1O[Si](C)(C)C(C)(C)C. The average molecular weight is 311 g/mol. The number of rotatable bonds is 5. The standard InChI is InChI=1S/C14H21NO5Si/c1-14(2,3)21(5,6)20-13-8-11(15(17)18)10(9-16)7-12(13)19-4/h7-9H,1-6H3. The van der Waals surface area contributed by atoms with Crippen molar-refractivity contribution >= 4 is 20.3 Å². The molecule has 0 aliphatic carbocycles. The first-order chi connectivity index (χ1) is 9.53. The van der Waals surface area contributed by atoms with Crippen molar-refractivity contribution in [1.82, 2.24) is 0 Å². The second-order valence-corrected chi connectivity index (χ2v) is 11.0. The molecule has 0 unspecified atom stereocenters. The predicted octanol–water partition coefficient (Wildman–Crippen LogP) is 3.80. The molecule has 6 nitrogen and oxygen atoms in total. The normalized spacial score (nSPS) is 11.9. The Labute approximate surface area is 125 Å². The monoisotopic (exact) mass is 311 g/mol. The van der Waals surface area contributed by atoms with Crippen LogP contribution in [0.15, 0.2) is 12.1 Å². The van der Waals surface area contributed by atoms with Crippen LogP contribution in [0, 0.1) is 10.1 Å². The molecule has 1 aromatic carbocycles. The second-order valence-electron chi connectivity index (χ2n) is 6.30. The summed E-state index contributed by atoms with van der Waals surface area (Å²) in [7, 11) is -0.731. The summed E-state index contributed by atoms with van der Waals surface area (Å²) in [4.78, 5) is 21.4. The van der Waals surface area contributed by atoms with Gasteiger partial charge >= 0.3 is 0 Å². The fourth-order valence-electron chi connectivity index (χ4n) is 1.48. The number of aldehydes is 1. The molecule has 0 bridgehead atoms. The highest BCUT2D eigenvalue weighted by atomic mass is 28.4. The maximum atomic E-state index is 11.1. The van der Waals surface area contributed by atoms with Gasteiger partial charge in [-0.1, -0.05) is 20.8 Å². The molecule has 0 aliphatic heterocycles. The van der Waals surface area contributed by atoms with Gasteiger partial charge in [0.25, 0.3) is 14.0 Å². The van der Waals surface area contributed by atoms with E-state index in [1.54, 1.807) is 0 Å². The molecule has 0 spiro atoms. The van der Waals surface area contributed by atoms with Gasteiger partial charge in [-0.15, -0.1) is 0 Å². The Balaban J connectivity index is 3.39. The van der Waals surface area contributed by atoms with E-state index in [1.807, 2.05) is 13.1 Å². The van der Waals surface area contributed by atoms with Crippen LogP contribution in [-0.2, 0) is 0 Å². The van der Waals surface area contributed by atoms with Crippen LogP contribution in [0.5, 0.6) is 11.5 Å². The topological polar surface area (TPSA) is 78.7 Å². The number of methoxy groups -OCH3 is 1. The number of nitrogens with zero attached hydrogens (tertiary/aromatic N) is 1. The van der Waals surface area contributed by atoms with Crippen LogP contribution in [0.3, 0.4) is 0 Å². The van der Waals surface area contributed by atoms with Crippen molar-refractivity contribution in [3.8, 4) is 11.5 Å². The van der Waals surface area contributed by atoms with E-state index in [1.165, 1.54) is 19.2 Å². The van der Waals surface area contributed by atoms with E-state index in [4.69, 9.17) is 9.16 Å². The number of hydrogen-bond donors (Lipinski definition) is 0. The van der Waals surface area contributed by atoms with Crippen LogP contribution in [0.2, 0.25) is 18.1 Å². The zero-order chi connectivity index (χ0) is 16.4. The maximum Gasteiger partial charge on any atom is 0.283 e. The minimum atomic E-state index is -2.17. The fourth-order valence-corrected chi connectivity index (χ4v) is 2.50. The zero-order valence-corrected chi connectivity index (χ0v) is 14.2. The number of ether oxygens (including phenoxy) is 1. The van der Waals surface area contributed by atoms with E-state index < -0.39 is 13.2 Å². The highest BCUT2D eigenvalue weighted by Gasteiger charge is 2.40. The van der Waals surface area contributed by atoms with Gasteiger partial charge in [-0.2, -0.15) is 0 Å². The largest absolute Gasteiger partial charge is 0.541 e. The van der Waals surface area contributed by atoms with Crippen molar-refractivity contribution in [1.29, 1.82) is 0 Å². The lowest BCUT2D eigenvalue weighted by Crippen LogP contribution is -2.43. The molecule has 0 saturated heterocycles. The quantitative estimate of drug-likeness (QED) is 0.358. The van der Waals surface area contributed by atoms with Crippen molar-refractivity contribution in [3.05, 3.63) is 27.8 Å². The van der Waals surface area contributed by atoms with E-state index in [-0.39, 0.29) is 16.3 Å². The number of benzene rings is 1. The zero-order valence-electron chi connectivity index (χ0n) is 13.2. The first-order valence-electron chi connectivity index (χ1n) is 6.54. The van der Waals surface area contributed by atoms with Crippen LogP contribution >= 0.6 is 0 Å². The Hall–Kier alpha value is -1.89. The van der Waals surface area contributed by atoms with Crippen molar-refractivity contribution < 1.29 is 18.9 Å². The highest BCUT2D eigenvalue weighted by molar-refractivity contribution is 6.74. The molecule has 0 amide bonds. The summed E-state index contributed by atoms with van der Waals surface area (Å²) in [5.41, 5.74) is -0.307. The maximum absolute atomic E-state index is 11.1. The molecule has 7 heteroatoms. The molecule has 116 valence electrons. The summed E-state index contributed by atoms with van der Waals surface area (Å²) in [5.74, 6) is 0.633. The molecule has 0 heterocycles. The summed E-state index contributed by atoms with van der Waals surface area (Å²) in [6.45, 7) is 10.3. The van der Waals surface area contributed by atoms with Crippen molar-refractivity contribution in [2.24, 2.45) is 0 Å². The van der Waals surface area contributed by atoms with Crippen LogP contribution in [0.1, 0.15) is 31.1 Å². The third-order valence-electron chi connectivity index (χ3n) is 3.81. The number of carbonyl (C=O) groups is 1. The van der Waals surface area contributed by atoms with Gasteiger partial charge in [0.15, 0.2) is 17.8 Å². The molecular weight excluding hydrogens is 290 g/mol. The molecule has 1 aromatic rings. The van der Waals surface area contributed by atoms with Crippen molar-refractivity contribution in [2.45, 2.75) is 38.9 Å². The second kappa shape index (κ2) is 5.85. The Morgan fingerprint density at radius 1 is 1.24 bits per heavy atom. The van der Waals surface area contributed by atoms with Crippen LogP contribution < -0.4 is 9.16 Å². The van der Waals surface area contributed by atoms with E-state index in [0.717, 1.165) is 0 Å². The summed E-state index contributed by atoms with van der Waals surface area (Å²) < 4.78 is 11.3. The molecule has 21 heavy (non-hydrogen) atoms. The molecule has 0 aliphatic rings. The summed E-state index contributed by atoms with van der Waals surface area (Å²) in [6, 6.07) is 2.61. The Bertz CT molecular complexity index is 563. The summed E-state index contributed by atoms with van der Waals surface area (Å²) >= 11 is 0. The highest BCUT2D eigenvalue weighted by Crippen LogP contribution is 2.41. The van der Waals surface area contributed by atoms with Crippen molar-refractivity contribution in [3.63, 3.8) is 0 Å². The molecule has 0 fully saturated rings. The minimum absolute atomic E-state index is 0.0283. The summed E-state index contributed by atoms with van der Waals surface area (Å²) in [6.07, 6.45) is 0.441. The number of nitro groups is 1. The molecule has 0 saturated carbocycles. The molecule has 0 N–H and O–H groups in total. The summed E-state index contributed by atoms with van der Waals surface area (Å²) in [5, 5.41) is 11.0. The van der Waals surface area contributed by atoms with Crippen LogP contribution in [0.4, 0.5) is 5.69 Å². The number of nitro benzene ring substituents is 1. The molecular formula is C14H21NO5Si. The smallest absolute Gasteiger partial charge is 0.283 e. The number of hydrogen-bond acceptors (Lipinski definition) is 5. The Kier molecular flexibility index (Phi) is 4.78. The van der Waals surface area contributed by atoms with Gasteiger partial charge in [0.05, 0.1) is 23.7 Å². The van der Waals surface area contributed by atoms with Gasteiger partial charge in [0.2, 0.25) is 0 Å². The van der Waals surface area contributed by atoms with E-state index in [9.17, 15) is 14.9 Å². The Morgan fingerprint density at radius 3 is 2.19 bits per heavy atom. The van der Waals surface area contributed by atoms with Gasteiger partial charge in [0.1, 0.15) is 0 Å². The van der Waals surface area contributed by atoms with Gasteiger partial charge in [-0.25, -0.2) is 0 Å². The fraction of sp³-hybridized carbons (Fsp3) is 0.500. The molecule has 0 atom stereocenters. The van der Waals surface area contributed by atoms with Crippen LogP contribution in [-0.4, -0.2) is 26.6 Å². The van der Waals surface area contributed by atoms with E-state index in [2.05, 4.69) is 20.8 Å². The number of carbonyl (C=O) groups excluding carboxylic acids is 1. The third kappa shape index (κ3) is 3.60. The minimum Gasteiger partial charge on any atom is -0.541 e. The van der Waals surface area contributed by atoms with Gasteiger partial charge in [-0.05, 0) is 18.1 Å². The van der Waals surface area contributed by atoms with Crippen molar-refractivity contribution in [2.75, 3.05) is 7.11 Å². The molecule has 0 radical (unpaired) electrons. The molecule has 0 aromatic heterocycles.